The Kier molecular flexibility index (Phi) is 5.95. The zero-order chi connectivity index (χ0) is 20.1. The van der Waals surface area contributed by atoms with Gasteiger partial charge in [0, 0.05) is 29.8 Å². The fraction of sp³-hybridized carbons (Fsp3) is 0.158. The second kappa shape index (κ2) is 8.57. The van der Waals surface area contributed by atoms with Gasteiger partial charge in [-0.25, -0.2) is 14.4 Å². The van der Waals surface area contributed by atoms with Crippen molar-refractivity contribution >= 4 is 34.0 Å². The Labute approximate surface area is 164 Å². The Hall–Kier alpha value is -3.33. The lowest BCUT2D eigenvalue weighted by Gasteiger charge is -2.07. The number of hydrogen-bond acceptors (Lipinski definition) is 6. The van der Waals surface area contributed by atoms with E-state index in [0.29, 0.717) is 23.1 Å². The minimum Gasteiger partial charge on any atom is -0.477 e. The molecule has 2 amide bonds. The molecule has 3 rings (SSSR count). The van der Waals surface area contributed by atoms with Gasteiger partial charge >= 0.3 is 0 Å². The van der Waals surface area contributed by atoms with Gasteiger partial charge in [0.1, 0.15) is 11.4 Å². The molecule has 1 aromatic carbocycles. The fourth-order valence-electron chi connectivity index (χ4n) is 2.44. The summed E-state index contributed by atoms with van der Waals surface area (Å²) in [6.07, 6.45) is 1.54. The van der Waals surface area contributed by atoms with Crippen LogP contribution in [0.4, 0.5) is 15.2 Å². The number of nitrogens with one attached hydrogen (secondary N) is 2. The predicted octanol–water partition coefficient (Wildman–Crippen LogP) is 3.95. The first kappa shape index (κ1) is 19.4. The minimum atomic E-state index is -0.527. The van der Waals surface area contributed by atoms with Gasteiger partial charge in [0.25, 0.3) is 5.91 Å². The summed E-state index contributed by atoms with van der Waals surface area (Å²) in [6.45, 7) is 3.53. The first-order valence-electron chi connectivity index (χ1n) is 8.40. The standard InChI is InChI=1S/C19H17FN4O3S/c1-3-27-18-14(5-4-8-21-18)17(26)24-19-23-16(10-28-19)13-7-6-12(9-15(13)20)22-11(2)25/h4-10H,3H2,1-2H3,(H,22,25)(H,23,24,26). The van der Waals surface area contributed by atoms with E-state index in [9.17, 15) is 14.0 Å². The molecule has 0 unspecified atom stereocenters. The highest BCUT2D eigenvalue weighted by atomic mass is 32.1. The predicted molar refractivity (Wildman–Crippen MR) is 105 cm³/mol. The van der Waals surface area contributed by atoms with Crippen LogP contribution < -0.4 is 15.4 Å². The highest BCUT2D eigenvalue weighted by Gasteiger charge is 2.16. The molecular weight excluding hydrogens is 383 g/mol. The largest absolute Gasteiger partial charge is 0.477 e. The summed E-state index contributed by atoms with van der Waals surface area (Å²) in [5.41, 5.74) is 1.29. The van der Waals surface area contributed by atoms with Crippen molar-refractivity contribution in [1.29, 1.82) is 0 Å². The van der Waals surface area contributed by atoms with Gasteiger partial charge in [-0.3, -0.25) is 14.9 Å². The van der Waals surface area contributed by atoms with Crippen molar-refractivity contribution in [3.8, 4) is 17.1 Å². The van der Waals surface area contributed by atoms with Crippen molar-refractivity contribution in [2.45, 2.75) is 13.8 Å². The van der Waals surface area contributed by atoms with Gasteiger partial charge in [-0.15, -0.1) is 11.3 Å². The maximum Gasteiger partial charge on any atom is 0.262 e. The molecule has 2 heterocycles. The van der Waals surface area contributed by atoms with Gasteiger partial charge in [0.15, 0.2) is 5.13 Å². The monoisotopic (exact) mass is 400 g/mol. The SMILES string of the molecule is CCOc1ncccc1C(=O)Nc1nc(-c2ccc(NC(C)=O)cc2F)cs1. The molecule has 0 aliphatic carbocycles. The van der Waals surface area contributed by atoms with Crippen molar-refractivity contribution in [3.63, 3.8) is 0 Å². The molecule has 0 spiro atoms. The van der Waals surface area contributed by atoms with E-state index in [4.69, 9.17) is 4.74 Å². The summed E-state index contributed by atoms with van der Waals surface area (Å²) < 4.78 is 19.7. The molecule has 0 saturated carbocycles. The van der Waals surface area contributed by atoms with E-state index in [1.54, 1.807) is 30.5 Å². The number of hydrogen-bond donors (Lipinski definition) is 2. The summed E-state index contributed by atoms with van der Waals surface area (Å²) in [6, 6.07) is 7.56. The van der Waals surface area contributed by atoms with E-state index in [2.05, 4.69) is 20.6 Å². The molecule has 9 heteroatoms. The second-order valence-electron chi connectivity index (χ2n) is 5.66. The molecule has 0 radical (unpaired) electrons. The molecule has 0 aliphatic rings. The number of amides is 2. The topological polar surface area (TPSA) is 93.2 Å². The van der Waals surface area contributed by atoms with E-state index in [0.717, 1.165) is 0 Å². The average molecular weight is 400 g/mol. The molecular formula is C19H17FN4O3S. The van der Waals surface area contributed by atoms with Crippen LogP contribution in [0.15, 0.2) is 41.9 Å². The maximum absolute atomic E-state index is 14.4. The molecule has 0 atom stereocenters. The van der Waals surface area contributed by atoms with Crippen LogP contribution in [-0.4, -0.2) is 28.4 Å². The van der Waals surface area contributed by atoms with Gasteiger partial charge in [-0.05, 0) is 37.3 Å². The van der Waals surface area contributed by atoms with Crippen molar-refractivity contribution in [3.05, 3.63) is 53.3 Å². The van der Waals surface area contributed by atoms with Gasteiger partial charge < -0.3 is 10.1 Å². The Bertz CT molecular complexity index is 1020. The van der Waals surface area contributed by atoms with Crippen LogP contribution >= 0.6 is 11.3 Å². The first-order chi connectivity index (χ1) is 13.5. The first-order valence-corrected chi connectivity index (χ1v) is 9.28. The van der Waals surface area contributed by atoms with Crippen molar-refractivity contribution in [1.82, 2.24) is 9.97 Å². The van der Waals surface area contributed by atoms with Gasteiger partial charge in [0.05, 0.1) is 12.3 Å². The van der Waals surface area contributed by atoms with Crippen LogP contribution in [0.2, 0.25) is 0 Å². The van der Waals surface area contributed by atoms with Crippen LogP contribution in [-0.2, 0) is 4.79 Å². The van der Waals surface area contributed by atoms with Crippen LogP contribution in [0, 0.1) is 5.82 Å². The van der Waals surface area contributed by atoms with E-state index >= 15 is 0 Å². The Balaban J connectivity index is 1.78. The van der Waals surface area contributed by atoms with E-state index in [1.807, 2.05) is 0 Å². The molecule has 2 N–H and O–H groups in total. The number of carbonyl (C=O) groups excluding carboxylic acids is 2. The summed E-state index contributed by atoms with van der Waals surface area (Å²) in [4.78, 5) is 31.9. The van der Waals surface area contributed by atoms with E-state index in [-0.39, 0.29) is 22.9 Å². The smallest absolute Gasteiger partial charge is 0.262 e. The molecule has 0 saturated heterocycles. The van der Waals surface area contributed by atoms with Crippen LogP contribution in [0.25, 0.3) is 11.3 Å². The van der Waals surface area contributed by atoms with Crippen molar-refractivity contribution in [2.75, 3.05) is 17.2 Å². The summed E-state index contributed by atoms with van der Waals surface area (Å²) in [5, 5.41) is 7.15. The number of aromatic nitrogens is 2. The van der Waals surface area contributed by atoms with Gasteiger partial charge in [-0.1, -0.05) is 0 Å². The number of halogens is 1. The number of rotatable bonds is 6. The number of nitrogens with zero attached hydrogens (tertiary/aromatic N) is 2. The van der Waals surface area contributed by atoms with Crippen LogP contribution in [0.3, 0.4) is 0 Å². The third-order valence-electron chi connectivity index (χ3n) is 3.59. The van der Waals surface area contributed by atoms with Gasteiger partial charge in [-0.2, -0.15) is 0 Å². The molecule has 0 bridgehead atoms. The highest BCUT2D eigenvalue weighted by molar-refractivity contribution is 7.14. The molecule has 2 aromatic heterocycles. The summed E-state index contributed by atoms with van der Waals surface area (Å²) in [5.74, 6) is -0.995. The maximum atomic E-state index is 14.4. The lowest BCUT2D eigenvalue weighted by atomic mass is 10.1. The fourth-order valence-corrected chi connectivity index (χ4v) is 3.14. The normalized spacial score (nSPS) is 10.4. The van der Waals surface area contributed by atoms with E-state index in [1.165, 1.54) is 36.6 Å². The summed E-state index contributed by atoms with van der Waals surface area (Å²) in [7, 11) is 0. The minimum absolute atomic E-state index is 0.235. The number of carbonyl (C=O) groups is 2. The molecule has 28 heavy (non-hydrogen) atoms. The van der Waals surface area contributed by atoms with Crippen LogP contribution in [0.1, 0.15) is 24.2 Å². The van der Waals surface area contributed by atoms with E-state index < -0.39 is 11.7 Å². The Morgan fingerprint density at radius 2 is 2.07 bits per heavy atom. The Morgan fingerprint density at radius 3 is 2.79 bits per heavy atom. The number of pyridine rings is 1. The van der Waals surface area contributed by atoms with Crippen molar-refractivity contribution < 1.29 is 18.7 Å². The molecule has 0 aliphatic heterocycles. The number of anilines is 2. The zero-order valence-electron chi connectivity index (χ0n) is 15.2. The highest BCUT2D eigenvalue weighted by Crippen LogP contribution is 2.29. The lowest BCUT2D eigenvalue weighted by Crippen LogP contribution is -2.14. The summed E-state index contributed by atoms with van der Waals surface area (Å²) >= 11 is 1.17. The lowest BCUT2D eigenvalue weighted by molar-refractivity contribution is -0.114. The van der Waals surface area contributed by atoms with Crippen LogP contribution in [0.5, 0.6) is 5.88 Å². The average Bonchev–Trinajstić information content (AvgIpc) is 3.10. The molecule has 144 valence electrons. The number of thiazole rings is 1. The van der Waals surface area contributed by atoms with Gasteiger partial charge in [0.2, 0.25) is 11.8 Å². The molecule has 3 aromatic rings. The third-order valence-corrected chi connectivity index (χ3v) is 4.34. The number of benzene rings is 1. The molecule has 7 nitrogen and oxygen atoms in total. The quantitative estimate of drug-likeness (QED) is 0.653. The Morgan fingerprint density at radius 1 is 1.25 bits per heavy atom. The van der Waals surface area contributed by atoms with Crippen molar-refractivity contribution in [2.24, 2.45) is 0 Å². The third kappa shape index (κ3) is 4.49. The zero-order valence-corrected chi connectivity index (χ0v) is 16.0. The number of ether oxygens (including phenoxy) is 1. The second-order valence-corrected chi connectivity index (χ2v) is 6.52. The molecule has 0 fully saturated rings.